The number of hydrogen-bond donors (Lipinski definition) is 0. The molecule has 1 aliphatic heterocycles. The molecule has 2 atom stereocenters. The van der Waals surface area contributed by atoms with E-state index in [1.54, 1.807) is 0 Å². The number of ether oxygens (including phenoxy) is 1. The maximum atomic E-state index is 5.83. The van der Waals surface area contributed by atoms with E-state index in [4.69, 9.17) is 4.74 Å². The van der Waals surface area contributed by atoms with E-state index < -0.39 is 0 Å². The second-order valence-electron chi connectivity index (χ2n) is 3.35. The second kappa shape index (κ2) is 4.09. The van der Waals surface area contributed by atoms with Crippen LogP contribution in [0.2, 0.25) is 0 Å². The van der Waals surface area contributed by atoms with Crippen molar-refractivity contribution < 1.29 is 4.74 Å². The predicted molar refractivity (Wildman–Crippen MR) is 62.0 cm³/mol. The first kappa shape index (κ1) is 9.66. The number of thioether (sulfide) groups is 1. The van der Waals surface area contributed by atoms with Gasteiger partial charge in [-0.25, -0.2) is 0 Å². The Kier molecular flexibility index (Phi) is 2.82. The van der Waals surface area contributed by atoms with Gasteiger partial charge in [0.1, 0.15) is 11.9 Å². The molecule has 0 aromatic heterocycles. The number of allylic oxidation sites excluding steroid dienone is 2. The molecule has 0 N–H and O–H groups in total. The van der Waals surface area contributed by atoms with Crippen LogP contribution >= 0.6 is 11.8 Å². The summed E-state index contributed by atoms with van der Waals surface area (Å²) in [6.45, 7) is 7.61. The summed E-state index contributed by atoms with van der Waals surface area (Å²) in [6, 6.07) is 0. The third-order valence-corrected chi connectivity index (χ3v) is 3.74. The summed E-state index contributed by atoms with van der Waals surface area (Å²) in [5, 5.41) is 0.300. The predicted octanol–water partition coefficient (Wildman–Crippen LogP) is 3.42. The van der Waals surface area contributed by atoms with E-state index in [2.05, 4.69) is 25.3 Å². The fraction of sp³-hybridized carbons (Fsp3) is 0.333. The van der Waals surface area contributed by atoms with Crippen molar-refractivity contribution in [2.45, 2.75) is 24.2 Å². The van der Waals surface area contributed by atoms with E-state index in [-0.39, 0.29) is 6.10 Å². The summed E-state index contributed by atoms with van der Waals surface area (Å²) in [5.41, 5.74) is 0. The molecule has 1 saturated heterocycles. The zero-order valence-electron chi connectivity index (χ0n) is 8.11. The van der Waals surface area contributed by atoms with Crippen LogP contribution in [-0.2, 0) is 4.74 Å². The van der Waals surface area contributed by atoms with E-state index in [0.29, 0.717) is 5.25 Å². The van der Waals surface area contributed by atoms with Crippen LogP contribution in [0.15, 0.2) is 48.1 Å². The molecule has 0 radical (unpaired) electrons. The largest absolute Gasteiger partial charge is 0.484 e. The first-order chi connectivity index (χ1) is 6.85. The van der Waals surface area contributed by atoms with Gasteiger partial charge in [0.25, 0.3) is 0 Å². The lowest BCUT2D eigenvalue weighted by Gasteiger charge is -2.32. The maximum Gasteiger partial charge on any atom is 0.132 e. The minimum absolute atomic E-state index is 0.0685. The summed E-state index contributed by atoms with van der Waals surface area (Å²) < 4.78 is 5.83. The molecule has 0 bridgehead atoms. The Morgan fingerprint density at radius 3 is 2.79 bits per heavy atom. The SMILES string of the molecule is C=CC1OC2=CCCC=C2SC1C=C. The van der Waals surface area contributed by atoms with Gasteiger partial charge in [-0.2, -0.15) is 0 Å². The summed E-state index contributed by atoms with van der Waals surface area (Å²) in [6.07, 6.45) is 10.5. The summed E-state index contributed by atoms with van der Waals surface area (Å²) in [5.74, 6) is 1.03. The average molecular weight is 206 g/mol. The highest BCUT2D eigenvalue weighted by Crippen LogP contribution is 2.41. The van der Waals surface area contributed by atoms with E-state index >= 15 is 0 Å². The summed E-state index contributed by atoms with van der Waals surface area (Å²) in [4.78, 5) is 1.26. The maximum absolute atomic E-state index is 5.83. The van der Waals surface area contributed by atoms with E-state index in [1.807, 2.05) is 23.9 Å². The van der Waals surface area contributed by atoms with Crippen LogP contribution in [0, 0.1) is 0 Å². The Hall–Kier alpha value is -0.890. The fourth-order valence-electron chi connectivity index (χ4n) is 1.63. The Morgan fingerprint density at radius 1 is 1.29 bits per heavy atom. The van der Waals surface area contributed by atoms with Crippen molar-refractivity contribution in [3.05, 3.63) is 48.1 Å². The lowest BCUT2D eigenvalue weighted by atomic mass is 10.1. The normalized spacial score (nSPS) is 30.6. The molecule has 2 heteroatoms. The number of rotatable bonds is 2. The third kappa shape index (κ3) is 1.67. The lowest BCUT2D eigenvalue weighted by Crippen LogP contribution is -2.27. The Labute approximate surface area is 89.2 Å². The lowest BCUT2D eigenvalue weighted by molar-refractivity contribution is 0.164. The average Bonchev–Trinajstić information content (AvgIpc) is 2.27. The van der Waals surface area contributed by atoms with Crippen molar-refractivity contribution >= 4 is 11.8 Å². The van der Waals surface area contributed by atoms with Crippen molar-refractivity contribution in [2.24, 2.45) is 0 Å². The molecule has 0 amide bonds. The highest BCUT2D eigenvalue weighted by molar-refractivity contribution is 8.04. The standard InChI is InChI=1S/C12H14OS/c1-3-9-11(4-2)14-12-8-6-5-7-10(12)13-9/h3-4,7-9,11H,1-2,5-6H2. The zero-order chi connectivity index (χ0) is 9.97. The molecule has 2 unspecified atom stereocenters. The van der Waals surface area contributed by atoms with Crippen molar-refractivity contribution in [1.82, 2.24) is 0 Å². The van der Waals surface area contributed by atoms with E-state index in [9.17, 15) is 0 Å². The number of hydrogen-bond acceptors (Lipinski definition) is 2. The minimum atomic E-state index is 0.0685. The van der Waals surface area contributed by atoms with Gasteiger partial charge in [-0.3, -0.25) is 0 Å². The van der Waals surface area contributed by atoms with Crippen molar-refractivity contribution in [3.63, 3.8) is 0 Å². The molecule has 1 nitrogen and oxygen atoms in total. The summed E-state index contributed by atoms with van der Waals surface area (Å²) in [7, 11) is 0. The van der Waals surface area contributed by atoms with Crippen LogP contribution in [0.5, 0.6) is 0 Å². The molecule has 14 heavy (non-hydrogen) atoms. The van der Waals surface area contributed by atoms with Crippen molar-refractivity contribution in [1.29, 1.82) is 0 Å². The molecule has 1 aliphatic carbocycles. The monoisotopic (exact) mass is 206 g/mol. The van der Waals surface area contributed by atoms with Crippen LogP contribution in [0.1, 0.15) is 12.8 Å². The first-order valence-corrected chi connectivity index (χ1v) is 5.72. The molecule has 2 rings (SSSR count). The van der Waals surface area contributed by atoms with Crippen LogP contribution in [0.25, 0.3) is 0 Å². The topological polar surface area (TPSA) is 9.23 Å². The molecule has 74 valence electrons. The van der Waals surface area contributed by atoms with Gasteiger partial charge in [0.05, 0.1) is 5.25 Å². The Morgan fingerprint density at radius 2 is 2.07 bits per heavy atom. The molecule has 0 saturated carbocycles. The molecule has 0 aromatic carbocycles. The van der Waals surface area contributed by atoms with Crippen molar-refractivity contribution in [2.75, 3.05) is 0 Å². The molecule has 0 spiro atoms. The third-order valence-electron chi connectivity index (χ3n) is 2.38. The van der Waals surface area contributed by atoms with Gasteiger partial charge >= 0.3 is 0 Å². The second-order valence-corrected chi connectivity index (χ2v) is 4.57. The van der Waals surface area contributed by atoms with E-state index in [0.717, 1.165) is 18.6 Å². The van der Waals surface area contributed by atoms with Gasteiger partial charge in [0, 0.05) is 4.91 Å². The Balaban J connectivity index is 2.21. The molecular weight excluding hydrogens is 192 g/mol. The van der Waals surface area contributed by atoms with Crippen molar-refractivity contribution in [3.8, 4) is 0 Å². The quantitative estimate of drug-likeness (QED) is 0.640. The highest BCUT2D eigenvalue weighted by Gasteiger charge is 2.29. The minimum Gasteiger partial charge on any atom is -0.484 e. The smallest absolute Gasteiger partial charge is 0.132 e. The molecule has 1 heterocycles. The van der Waals surface area contributed by atoms with Crippen LogP contribution in [0.4, 0.5) is 0 Å². The van der Waals surface area contributed by atoms with Gasteiger partial charge in [-0.15, -0.1) is 18.3 Å². The highest BCUT2D eigenvalue weighted by atomic mass is 32.2. The molecular formula is C12H14OS. The van der Waals surface area contributed by atoms with Crippen LogP contribution < -0.4 is 0 Å². The van der Waals surface area contributed by atoms with Gasteiger partial charge in [0.2, 0.25) is 0 Å². The molecule has 0 aromatic rings. The van der Waals surface area contributed by atoms with Gasteiger partial charge in [-0.1, -0.05) is 24.8 Å². The van der Waals surface area contributed by atoms with E-state index in [1.165, 1.54) is 4.91 Å². The molecule has 1 fully saturated rings. The summed E-state index contributed by atoms with van der Waals surface area (Å²) >= 11 is 1.83. The van der Waals surface area contributed by atoms with Gasteiger partial charge in [0.15, 0.2) is 0 Å². The van der Waals surface area contributed by atoms with Gasteiger partial charge in [-0.05, 0) is 18.9 Å². The molecule has 2 aliphatic rings. The fourth-order valence-corrected chi connectivity index (χ4v) is 2.79. The number of fused-ring (bicyclic) bond motifs is 1. The Bertz CT molecular complexity index is 282. The zero-order valence-corrected chi connectivity index (χ0v) is 8.93. The van der Waals surface area contributed by atoms with Crippen LogP contribution in [-0.4, -0.2) is 11.4 Å². The van der Waals surface area contributed by atoms with Crippen LogP contribution in [0.3, 0.4) is 0 Å². The first-order valence-electron chi connectivity index (χ1n) is 4.84. The van der Waals surface area contributed by atoms with Gasteiger partial charge < -0.3 is 4.74 Å².